The Balaban J connectivity index is 2.07. The highest BCUT2D eigenvalue weighted by molar-refractivity contribution is 5.95. The summed E-state index contributed by atoms with van der Waals surface area (Å²) in [6.45, 7) is 0.163. The zero-order chi connectivity index (χ0) is 18.9. The Morgan fingerprint density at radius 1 is 1.12 bits per heavy atom. The molecule has 0 bridgehead atoms. The van der Waals surface area contributed by atoms with Crippen LogP contribution in [0.2, 0.25) is 0 Å². The zero-order valence-corrected chi connectivity index (χ0v) is 13.0. The van der Waals surface area contributed by atoms with Gasteiger partial charge in [-0.05, 0) is 17.7 Å². The van der Waals surface area contributed by atoms with Crippen molar-refractivity contribution in [2.24, 2.45) is 0 Å². The minimum absolute atomic E-state index is 0.163. The van der Waals surface area contributed by atoms with Gasteiger partial charge < -0.3 is 14.3 Å². The first-order valence-corrected chi connectivity index (χ1v) is 7.35. The van der Waals surface area contributed by atoms with E-state index in [-0.39, 0.29) is 12.4 Å². The summed E-state index contributed by atoms with van der Waals surface area (Å²) < 4.78 is 50.2. The molecular formula is C18H11F3O5. The van der Waals surface area contributed by atoms with Crippen molar-refractivity contribution >= 4 is 16.9 Å². The molecule has 0 saturated carbocycles. The molecule has 0 spiro atoms. The summed E-state index contributed by atoms with van der Waals surface area (Å²) in [5.74, 6) is -1.82. The van der Waals surface area contributed by atoms with E-state index in [1.54, 1.807) is 12.1 Å². The number of aromatic carboxylic acids is 1. The molecule has 134 valence electrons. The third-order valence-electron chi connectivity index (χ3n) is 3.62. The van der Waals surface area contributed by atoms with E-state index in [1.807, 2.05) is 18.2 Å². The summed E-state index contributed by atoms with van der Waals surface area (Å²) in [4.78, 5) is 22.8. The fourth-order valence-electron chi connectivity index (χ4n) is 2.50. The number of halogens is 3. The van der Waals surface area contributed by atoms with Gasteiger partial charge >= 0.3 is 17.8 Å². The van der Waals surface area contributed by atoms with Crippen LogP contribution >= 0.6 is 0 Å². The molecule has 3 aromatic rings. The summed E-state index contributed by atoms with van der Waals surface area (Å²) in [5.41, 5.74) is -4.12. The van der Waals surface area contributed by atoms with Gasteiger partial charge in [0, 0.05) is 11.5 Å². The van der Waals surface area contributed by atoms with E-state index in [4.69, 9.17) is 14.3 Å². The Hall–Kier alpha value is -3.29. The molecule has 8 heteroatoms. The lowest BCUT2D eigenvalue weighted by molar-refractivity contribution is -0.137. The van der Waals surface area contributed by atoms with E-state index in [1.165, 1.54) is 6.07 Å². The van der Waals surface area contributed by atoms with E-state index in [2.05, 4.69) is 0 Å². The number of carboxylic acids is 1. The predicted molar refractivity (Wildman–Crippen MR) is 85.2 cm³/mol. The van der Waals surface area contributed by atoms with Crippen molar-refractivity contribution < 1.29 is 32.2 Å². The first kappa shape index (κ1) is 17.5. The first-order valence-electron chi connectivity index (χ1n) is 7.35. The maximum absolute atomic E-state index is 13.3. The molecule has 1 aromatic heterocycles. The third kappa shape index (κ3) is 3.39. The van der Waals surface area contributed by atoms with Gasteiger partial charge in [-0.25, -0.2) is 9.59 Å². The SMILES string of the molecule is O=C(O)c1c(C(F)(F)F)c2ccc(OCc3ccccc3)cc2oc1=O. The number of hydrogen-bond donors (Lipinski definition) is 1. The minimum atomic E-state index is -5.03. The number of carboxylic acid groups (broad SMARTS) is 1. The average Bonchev–Trinajstić information content (AvgIpc) is 2.58. The molecule has 26 heavy (non-hydrogen) atoms. The van der Waals surface area contributed by atoms with Crippen LogP contribution in [0.25, 0.3) is 11.0 Å². The van der Waals surface area contributed by atoms with Crippen LogP contribution in [0.5, 0.6) is 5.75 Å². The standard InChI is InChI=1S/C18H11F3O5/c19-18(20,21)15-12-7-6-11(25-9-10-4-2-1-3-5-10)8-13(12)26-17(24)14(15)16(22)23/h1-8H,9H2,(H,22,23). The van der Waals surface area contributed by atoms with Gasteiger partial charge in [0.05, 0.1) is 5.56 Å². The maximum atomic E-state index is 13.3. The Morgan fingerprint density at radius 2 is 1.81 bits per heavy atom. The highest BCUT2D eigenvalue weighted by Gasteiger charge is 2.40. The van der Waals surface area contributed by atoms with E-state index < -0.39 is 39.9 Å². The average molecular weight is 364 g/mol. The summed E-state index contributed by atoms with van der Waals surface area (Å²) in [6.07, 6.45) is -5.03. The molecule has 0 atom stereocenters. The highest BCUT2D eigenvalue weighted by Crippen LogP contribution is 2.37. The van der Waals surface area contributed by atoms with Crippen LogP contribution in [-0.2, 0) is 12.8 Å². The van der Waals surface area contributed by atoms with Gasteiger partial charge in [0.15, 0.2) is 5.56 Å². The normalized spacial score (nSPS) is 11.5. The largest absolute Gasteiger partial charge is 0.489 e. The van der Waals surface area contributed by atoms with Gasteiger partial charge in [-0.15, -0.1) is 0 Å². The zero-order valence-electron chi connectivity index (χ0n) is 13.0. The number of fused-ring (bicyclic) bond motifs is 1. The fourth-order valence-corrected chi connectivity index (χ4v) is 2.50. The molecule has 0 aliphatic rings. The monoisotopic (exact) mass is 364 g/mol. The lowest BCUT2D eigenvalue weighted by Crippen LogP contribution is -2.22. The van der Waals surface area contributed by atoms with Crippen LogP contribution in [0, 0.1) is 0 Å². The molecule has 0 aliphatic carbocycles. The van der Waals surface area contributed by atoms with Gasteiger partial charge in [0.25, 0.3) is 0 Å². The van der Waals surface area contributed by atoms with Crippen molar-refractivity contribution in [3.63, 3.8) is 0 Å². The number of benzene rings is 2. The van der Waals surface area contributed by atoms with Crippen molar-refractivity contribution in [3.05, 3.63) is 75.6 Å². The van der Waals surface area contributed by atoms with Crippen molar-refractivity contribution in [3.8, 4) is 5.75 Å². The quantitative estimate of drug-likeness (QED) is 0.706. The molecule has 0 aliphatic heterocycles. The lowest BCUT2D eigenvalue weighted by atomic mass is 10.0. The smallest absolute Gasteiger partial charge is 0.418 e. The van der Waals surface area contributed by atoms with Crippen LogP contribution in [0.4, 0.5) is 13.2 Å². The van der Waals surface area contributed by atoms with Gasteiger partial charge in [-0.3, -0.25) is 0 Å². The predicted octanol–water partition coefficient (Wildman–Crippen LogP) is 4.09. The molecule has 1 heterocycles. The molecule has 1 N–H and O–H groups in total. The van der Waals surface area contributed by atoms with Gasteiger partial charge in [-0.1, -0.05) is 30.3 Å². The van der Waals surface area contributed by atoms with E-state index in [0.717, 1.165) is 17.7 Å². The minimum Gasteiger partial charge on any atom is -0.489 e. The number of rotatable bonds is 4. The van der Waals surface area contributed by atoms with Crippen LogP contribution in [0.1, 0.15) is 21.5 Å². The summed E-state index contributed by atoms with van der Waals surface area (Å²) in [5, 5.41) is 8.42. The van der Waals surface area contributed by atoms with Gasteiger partial charge in [0.1, 0.15) is 17.9 Å². The fraction of sp³-hybridized carbons (Fsp3) is 0.111. The molecule has 0 amide bonds. The van der Waals surface area contributed by atoms with Crippen molar-refractivity contribution in [2.75, 3.05) is 0 Å². The summed E-state index contributed by atoms with van der Waals surface area (Å²) in [7, 11) is 0. The molecule has 0 fully saturated rings. The van der Waals surface area contributed by atoms with Crippen LogP contribution in [0.3, 0.4) is 0 Å². The Labute approximate surface area is 144 Å². The summed E-state index contributed by atoms with van der Waals surface area (Å²) in [6, 6.07) is 12.5. The van der Waals surface area contributed by atoms with Gasteiger partial charge in [-0.2, -0.15) is 13.2 Å². The number of ether oxygens (including phenoxy) is 1. The van der Waals surface area contributed by atoms with Crippen molar-refractivity contribution in [1.82, 2.24) is 0 Å². The third-order valence-corrected chi connectivity index (χ3v) is 3.62. The lowest BCUT2D eigenvalue weighted by Gasteiger charge is -2.13. The van der Waals surface area contributed by atoms with Gasteiger partial charge in [0.2, 0.25) is 0 Å². The molecule has 5 nitrogen and oxygen atoms in total. The van der Waals surface area contributed by atoms with E-state index in [0.29, 0.717) is 0 Å². The summed E-state index contributed by atoms with van der Waals surface area (Å²) >= 11 is 0. The second kappa shape index (κ2) is 6.55. The molecule has 0 saturated heterocycles. The van der Waals surface area contributed by atoms with E-state index in [9.17, 15) is 22.8 Å². The topological polar surface area (TPSA) is 76.7 Å². The first-order chi connectivity index (χ1) is 12.3. The number of alkyl halides is 3. The van der Waals surface area contributed by atoms with Crippen molar-refractivity contribution in [1.29, 1.82) is 0 Å². The Morgan fingerprint density at radius 3 is 2.42 bits per heavy atom. The molecular weight excluding hydrogens is 353 g/mol. The molecule has 2 aromatic carbocycles. The number of hydrogen-bond acceptors (Lipinski definition) is 4. The van der Waals surface area contributed by atoms with Crippen LogP contribution < -0.4 is 10.4 Å². The molecule has 0 unspecified atom stereocenters. The highest BCUT2D eigenvalue weighted by atomic mass is 19.4. The second-order valence-corrected chi connectivity index (χ2v) is 5.37. The Kier molecular flexibility index (Phi) is 4.41. The maximum Gasteiger partial charge on any atom is 0.418 e. The molecule has 0 radical (unpaired) electrons. The van der Waals surface area contributed by atoms with Crippen LogP contribution in [0.15, 0.2) is 57.7 Å². The van der Waals surface area contributed by atoms with E-state index >= 15 is 0 Å². The van der Waals surface area contributed by atoms with Crippen LogP contribution in [-0.4, -0.2) is 11.1 Å². The van der Waals surface area contributed by atoms with Crippen molar-refractivity contribution in [2.45, 2.75) is 12.8 Å². The Bertz CT molecular complexity index is 1020. The second-order valence-electron chi connectivity index (χ2n) is 5.37. The number of carbonyl (C=O) groups is 1. The molecule has 3 rings (SSSR count).